The molecule has 50 valence electrons. The van der Waals surface area contributed by atoms with Gasteiger partial charge in [0.1, 0.15) is 0 Å². The summed E-state index contributed by atoms with van der Waals surface area (Å²) in [6.07, 6.45) is 5.77. The monoisotopic (exact) mass is 234 g/mol. The van der Waals surface area contributed by atoms with Crippen LogP contribution in [0, 0.1) is 5.92 Å². The van der Waals surface area contributed by atoms with Crippen LogP contribution in [0.5, 0.6) is 0 Å². The van der Waals surface area contributed by atoms with E-state index in [1.807, 2.05) is 0 Å². The topological polar surface area (TPSA) is 0 Å². The standard InChI is InChI=1S/C8H11I/c1-6-3-4-8(9)5-7(6)2/h4-6H,3H2,1-2H3. The Hall–Kier alpha value is 0.210. The third-order valence-electron chi connectivity index (χ3n) is 1.81. The highest BCUT2D eigenvalue weighted by molar-refractivity contribution is 14.1. The molecule has 1 unspecified atom stereocenters. The van der Waals surface area contributed by atoms with Gasteiger partial charge in [0.25, 0.3) is 0 Å². The highest BCUT2D eigenvalue weighted by atomic mass is 127. The molecule has 0 amide bonds. The zero-order chi connectivity index (χ0) is 6.85. The molecule has 0 aromatic rings. The van der Waals surface area contributed by atoms with Gasteiger partial charge in [-0.3, -0.25) is 0 Å². The van der Waals surface area contributed by atoms with Crippen molar-refractivity contribution in [3.63, 3.8) is 0 Å². The Morgan fingerprint density at radius 3 is 2.78 bits per heavy atom. The van der Waals surface area contributed by atoms with Crippen molar-refractivity contribution >= 4 is 22.6 Å². The van der Waals surface area contributed by atoms with Crippen molar-refractivity contribution < 1.29 is 0 Å². The van der Waals surface area contributed by atoms with Crippen LogP contribution in [0.1, 0.15) is 20.3 Å². The van der Waals surface area contributed by atoms with Gasteiger partial charge in [0.2, 0.25) is 0 Å². The van der Waals surface area contributed by atoms with Gasteiger partial charge in [0.15, 0.2) is 0 Å². The zero-order valence-corrected chi connectivity index (χ0v) is 7.97. The SMILES string of the molecule is CC1=CC(I)=CCC1C. The van der Waals surface area contributed by atoms with Crippen LogP contribution in [0.2, 0.25) is 0 Å². The van der Waals surface area contributed by atoms with Crippen molar-refractivity contribution in [3.8, 4) is 0 Å². The van der Waals surface area contributed by atoms with Gasteiger partial charge < -0.3 is 0 Å². The van der Waals surface area contributed by atoms with Gasteiger partial charge in [0, 0.05) is 3.58 Å². The summed E-state index contributed by atoms with van der Waals surface area (Å²) in [6.45, 7) is 4.47. The summed E-state index contributed by atoms with van der Waals surface area (Å²) in [6, 6.07) is 0. The number of hydrogen-bond donors (Lipinski definition) is 0. The molecule has 0 bridgehead atoms. The predicted molar refractivity (Wildman–Crippen MR) is 49.6 cm³/mol. The second kappa shape index (κ2) is 2.86. The molecule has 0 heterocycles. The van der Waals surface area contributed by atoms with E-state index in [9.17, 15) is 0 Å². The Balaban J connectivity index is 2.74. The van der Waals surface area contributed by atoms with E-state index in [-0.39, 0.29) is 0 Å². The van der Waals surface area contributed by atoms with E-state index in [4.69, 9.17) is 0 Å². The lowest BCUT2D eigenvalue weighted by Gasteiger charge is -2.13. The molecule has 0 spiro atoms. The number of allylic oxidation sites excluding steroid dienone is 4. The lowest BCUT2D eigenvalue weighted by Crippen LogP contribution is -1.98. The molecule has 0 aliphatic heterocycles. The Bertz CT molecular complexity index is 165. The smallest absolute Gasteiger partial charge is 0.00897 e. The van der Waals surface area contributed by atoms with Crippen molar-refractivity contribution in [2.24, 2.45) is 5.92 Å². The minimum absolute atomic E-state index is 0.767. The summed E-state index contributed by atoms with van der Waals surface area (Å²) < 4.78 is 1.39. The molecule has 0 fully saturated rings. The van der Waals surface area contributed by atoms with Gasteiger partial charge in [0.05, 0.1) is 0 Å². The quantitative estimate of drug-likeness (QED) is 0.564. The molecule has 1 aliphatic rings. The maximum Gasteiger partial charge on any atom is 0.00897 e. The Kier molecular flexibility index (Phi) is 2.33. The first-order valence-corrected chi connectivity index (χ1v) is 4.32. The summed E-state index contributed by atoms with van der Waals surface area (Å²) >= 11 is 2.37. The summed E-state index contributed by atoms with van der Waals surface area (Å²) in [7, 11) is 0. The van der Waals surface area contributed by atoms with Crippen LogP contribution in [-0.4, -0.2) is 0 Å². The predicted octanol–water partition coefficient (Wildman–Crippen LogP) is 3.29. The van der Waals surface area contributed by atoms with Crippen molar-refractivity contribution in [1.82, 2.24) is 0 Å². The molecule has 0 aromatic carbocycles. The van der Waals surface area contributed by atoms with E-state index in [0.717, 1.165) is 5.92 Å². The molecule has 0 aromatic heterocycles. The van der Waals surface area contributed by atoms with Crippen molar-refractivity contribution in [2.45, 2.75) is 20.3 Å². The average Bonchev–Trinajstić information content (AvgIpc) is 1.80. The van der Waals surface area contributed by atoms with Crippen LogP contribution in [0.25, 0.3) is 0 Å². The van der Waals surface area contributed by atoms with Crippen molar-refractivity contribution in [1.29, 1.82) is 0 Å². The molecule has 1 rings (SSSR count). The average molecular weight is 234 g/mol. The summed E-state index contributed by atoms with van der Waals surface area (Å²) in [5.41, 5.74) is 1.52. The second-order valence-electron chi connectivity index (χ2n) is 2.61. The van der Waals surface area contributed by atoms with Gasteiger partial charge in [-0.25, -0.2) is 0 Å². The summed E-state index contributed by atoms with van der Waals surface area (Å²) in [5, 5.41) is 0. The van der Waals surface area contributed by atoms with Crippen LogP contribution in [0.3, 0.4) is 0 Å². The second-order valence-corrected chi connectivity index (χ2v) is 3.86. The van der Waals surface area contributed by atoms with Crippen molar-refractivity contribution in [2.75, 3.05) is 0 Å². The van der Waals surface area contributed by atoms with Gasteiger partial charge in [-0.2, -0.15) is 0 Å². The highest BCUT2D eigenvalue weighted by Gasteiger charge is 2.06. The lowest BCUT2D eigenvalue weighted by atomic mass is 9.95. The molecule has 1 aliphatic carbocycles. The van der Waals surface area contributed by atoms with Crippen LogP contribution in [0.4, 0.5) is 0 Å². The minimum Gasteiger partial charge on any atom is -0.0705 e. The molecule has 0 nitrogen and oxygen atoms in total. The van der Waals surface area contributed by atoms with E-state index in [1.165, 1.54) is 15.6 Å². The van der Waals surface area contributed by atoms with E-state index in [0.29, 0.717) is 0 Å². The third kappa shape index (κ3) is 1.81. The van der Waals surface area contributed by atoms with Gasteiger partial charge in [-0.15, -0.1) is 0 Å². The van der Waals surface area contributed by atoms with E-state index in [1.54, 1.807) is 0 Å². The molecule has 0 saturated carbocycles. The Morgan fingerprint density at radius 1 is 1.67 bits per heavy atom. The fourth-order valence-corrected chi connectivity index (χ4v) is 1.64. The molecule has 9 heavy (non-hydrogen) atoms. The summed E-state index contributed by atoms with van der Waals surface area (Å²) in [5.74, 6) is 0.767. The maximum atomic E-state index is 2.37. The van der Waals surface area contributed by atoms with Gasteiger partial charge in [-0.1, -0.05) is 18.6 Å². The molecule has 0 saturated heterocycles. The largest absolute Gasteiger partial charge is 0.0705 e. The molecule has 1 atom stereocenters. The highest BCUT2D eigenvalue weighted by Crippen LogP contribution is 2.25. The van der Waals surface area contributed by atoms with E-state index < -0.39 is 0 Å². The zero-order valence-electron chi connectivity index (χ0n) is 5.82. The Labute approximate surface area is 70.2 Å². The van der Waals surface area contributed by atoms with Crippen molar-refractivity contribution in [3.05, 3.63) is 21.3 Å². The van der Waals surface area contributed by atoms with Gasteiger partial charge >= 0.3 is 0 Å². The van der Waals surface area contributed by atoms with Crippen LogP contribution >= 0.6 is 22.6 Å². The van der Waals surface area contributed by atoms with Gasteiger partial charge in [-0.05, 0) is 47.9 Å². The third-order valence-corrected chi connectivity index (χ3v) is 2.56. The van der Waals surface area contributed by atoms with Crippen LogP contribution in [0.15, 0.2) is 21.3 Å². The fourth-order valence-electron chi connectivity index (χ4n) is 0.894. The number of hydrogen-bond acceptors (Lipinski definition) is 0. The normalized spacial score (nSPS) is 27.2. The molecule has 0 radical (unpaired) electrons. The molecule has 1 heteroatoms. The summed E-state index contributed by atoms with van der Waals surface area (Å²) in [4.78, 5) is 0. The maximum absolute atomic E-state index is 2.37. The number of halogens is 1. The first-order chi connectivity index (χ1) is 4.20. The Morgan fingerprint density at radius 2 is 2.33 bits per heavy atom. The fraction of sp³-hybridized carbons (Fsp3) is 0.500. The van der Waals surface area contributed by atoms with E-state index in [2.05, 4.69) is 48.6 Å². The minimum atomic E-state index is 0.767. The lowest BCUT2D eigenvalue weighted by molar-refractivity contribution is 0.686. The van der Waals surface area contributed by atoms with E-state index >= 15 is 0 Å². The first kappa shape index (κ1) is 7.32. The first-order valence-electron chi connectivity index (χ1n) is 3.24. The van der Waals surface area contributed by atoms with Crippen LogP contribution < -0.4 is 0 Å². The van der Waals surface area contributed by atoms with Crippen LogP contribution in [-0.2, 0) is 0 Å². The number of rotatable bonds is 0. The molecular weight excluding hydrogens is 223 g/mol. The molecule has 0 N–H and O–H groups in total. The molecular formula is C8H11I.